The fourth-order valence-electron chi connectivity index (χ4n) is 2.31. The van der Waals surface area contributed by atoms with Crippen molar-refractivity contribution in [2.45, 2.75) is 19.4 Å². The second kappa shape index (κ2) is 7.82. The van der Waals surface area contributed by atoms with Crippen molar-refractivity contribution in [3.63, 3.8) is 0 Å². The van der Waals surface area contributed by atoms with Gasteiger partial charge in [-0.15, -0.1) is 11.3 Å². The number of hydrogen-bond donors (Lipinski definition) is 1. The van der Waals surface area contributed by atoms with Gasteiger partial charge < -0.3 is 14.8 Å². The maximum atomic E-state index is 5.45. The third kappa shape index (κ3) is 3.99. The molecule has 0 saturated carbocycles. The fraction of sp³-hybridized carbons (Fsp3) is 0.375. The van der Waals surface area contributed by atoms with Crippen LogP contribution in [0, 0.1) is 0 Å². The molecule has 0 aliphatic carbocycles. The third-order valence-electron chi connectivity index (χ3n) is 3.30. The second-order valence-corrected chi connectivity index (χ2v) is 6.44. The highest BCUT2D eigenvalue weighted by atomic mass is 79.9. The van der Waals surface area contributed by atoms with Crippen LogP contribution in [0.2, 0.25) is 0 Å². The van der Waals surface area contributed by atoms with Crippen molar-refractivity contribution in [2.75, 3.05) is 20.8 Å². The number of ether oxygens (including phenoxy) is 2. The Hall–Kier alpha value is -1.04. The number of halogens is 1. The predicted molar refractivity (Wildman–Crippen MR) is 91.7 cm³/mol. The Morgan fingerprint density at radius 2 is 1.95 bits per heavy atom. The topological polar surface area (TPSA) is 30.5 Å². The molecule has 0 aliphatic rings. The van der Waals surface area contributed by atoms with Gasteiger partial charge in [0.25, 0.3) is 0 Å². The van der Waals surface area contributed by atoms with Crippen molar-refractivity contribution in [3.05, 3.63) is 44.6 Å². The van der Waals surface area contributed by atoms with E-state index in [2.05, 4.69) is 45.7 Å². The van der Waals surface area contributed by atoms with Crippen LogP contribution in [0.25, 0.3) is 0 Å². The molecule has 1 aromatic heterocycles. The molecule has 1 heterocycles. The molecule has 1 atom stereocenters. The van der Waals surface area contributed by atoms with Crippen LogP contribution in [-0.4, -0.2) is 20.8 Å². The molecule has 2 aromatic rings. The van der Waals surface area contributed by atoms with E-state index in [1.165, 1.54) is 10.4 Å². The number of rotatable bonds is 7. The van der Waals surface area contributed by atoms with Crippen LogP contribution in [0.1, 0.15) is 23.4 Å². The van der Waals surface area contributed by atoms with E-state index in [0.29, 0.717) is 0 Å². The Kier molecular flexibility index (Phi) is 6.08. The molecule has 0 spiro atoms. The van der Waals surface area contributed by atoms with Gasteiger partial charge in [0.15, 0.2) is 0 Å². The van der Waals surface area contributed by atoms with Gasteiger partial charge in [0.2, 0.25) is 0 Å². The molecule has 114 valence electrons. The van der Waals surface area contributed by atoms with E-state index in [0.717, 1.165) is 28.9 Å². The minimum absolute atomic E-state index is 0.255. The first-order chi connectivity index (χ1) is 10.2. The van der Waals surface area contributed by atoms with Crippen LogP contribution in [0.15, 0.2) is 34.1 Å². The molecule has 2 rings (SSSR count). The van der Waals surface area contributed by atoms with Crippen LogP contribution in [0.5, 0.6) is 11.5 Å². The van der Waals surface area contributed by atoms with E-state index in [-0.39, 0.29) is 6.04 Å². The number of methoxy groups -OCH3 is 2. The lowest BCUT2D eigenvalue weighted by atomic mass is 10.0. The maximum absolute atomic E-state index is 5.45. The van der Waals surface area contributed by atoms with Gasteiger partial charge in [0, 0.05) is 6.04 Å². The second-order valence-electron chi connectivity index (χ2n) is 4.64. The van der Waals surface area contributed by atoms with Gasteiger partial charge in [-0.2, -0.15) is 0 Å². The SMILES string of the molecule is CCNC(Cc1ccc(OC)c(Br)c1)c1sccc1OC. The summed E-state index contributed by atoms with van der Waals surface area (Å²) in [5.41, 5.74) is 1.25. The Balaban J connectivity index is 2.22. The number of likely N-dealkylation sites (N-methyl/N-ethyl adjacent to an activating group) is 1. The normalized spacial score (nSPS) is 12.2. The highest BCUT2D eigenvalue weighted by Crippen LogP contribution is 2.34. The summed E-state index contributed by atoms with van der Waals surface area (Å²) >= 11 is 5.27. The van der Waals surface area contributed by atoms with E-state index >= 15 is 0 Å². The molecular formula is C16H20BrNO2S. The Bertz CT molecular complexity index is 585. The summed E-state index contributed by atoms with van der Waals surface area (Å²) in [4.78, 5) is 1.24. The van der Waals surface area contributed by atoms with Crippen LogP contribution < -0.4 is 14.8 Å². The zero-order valence-electron chi connectivity index (χ0n) is 12.5. The Morgan fingerprint density at radius 3 is 2.57 bits per heavy atom. The third-order valence-corrected chi connectivity index (χ3v) is 4.93. The van der Waals surface area contributed by atoms with Gasteiger partial charge >= 0.3 is 0 Å². The van der Waals surface area contributed by atoms with Crippen molar-refractivity contribution in [3.8, 4) is 11.5 Å². The summed E-state index contributed by atoms with van der Waals surface area (Å²) in [6.07, 6.45) is 0.910. The fourth-order valence-corrected chi connectivity index (χ4v) is 3.83. The molecular weight excluding hydrogens is 350 g/mol. The maximum Gasteiger partial charge on any atom is 0.134 e. The first kappa shape index (κ1) is 16.3. The number of thiophene rings is 1. The molecule has 5 heteroatoms. The summed E-state index contributed by atoms with van der Waals surface area (Å²) in [5, 5.41) is 5.61. The molecule has 0 bridgehead atoms. The van der Waals surface area contributed by atoms with Gasteiger partial charge in [-0.3, -0.25) is 0 Å². The van der Waals surface area contributed by atoms with E-state index in [1.54, 1.807) is 25.6 Å². The lowest BCUT2D eigenvalue weighted by Crippen LogP contribution is -2.22. The molecule has 0 radical (unpaired) electrons. The molecule has 21 heavy (non-hydrogen) atoms. The van der Waals surface area contributed by atoms with Gasteiger partial charge in [0.05, 0.1) is 23.6 Å². The summed E-state index contributed by atoms with van der Waals surface area (Å²) in [6, 6.07) is 8.49. The van der Waals surface area contributed by atoms with E-state index in [1.807, 2.05) is 12.1 Å². The Labute approximate surface area is 138 Å². The average molecular weight is 370 g/mol. The summed E-state index contributed by atoms with van der Waals surface area (Å²) in [5.74, 6) is 1.81. The highest BCUT2D eigenvalue weighted by molar-refractivity contribution is 9.10. The smallest absolute Gasteiger partial charge is 0.134 e. The monoisotopic (exact) mass is 369 g/mol. The molecule has 1 unspecified atom stereocenters. The number of nitrogens with one attached hydrogen (secondary N) is 1. The van der Waals surface area contributed by atoms with E-state index in [4.69, 9.17) is 9.47 Å². The summed E-state index contributed by atoms with van der Waals surface area (Å²) in [6.45, 7) is 3.04. The van der Waals surface area contributed by atoms with Crippen molar-refractivity contribution in [2.24, 2.45) is 0 Å². The van der Waals surface area contributed by atoms with E-state index < -0.39 is 0 Å². The minimum Gasteiger partial charge on any atom is -0.496 e. The van der Waals surface area contributed by atoms with Crippen LogP contribution in [0.4, 0.5) is 0 Å². The summed E-state index contributed by atoms with van der Waals surface area (Å²) < 4.78 is 11.7. The molecule has 1 aromatic carbocycles. The first-order valence-electron chi connectivity index (χ1n) is 6.86. The van der Waals surface area contributed by atoms with Crippen LogP contribution in [-0.2, 0) is 6.42 Å². The largest absolute Gasteiger partial charge is 0.496 e. The highest BCUT2D eigenvalue weighted by Gasteiger charge is 2.17. The zero-order chi connectivity index (χ0) is 15.2. The molecule has 3 nitrogen and oxygen atoms in total. The minimum atomic E-state index is 0.255. The molecule has 0 amide bonds. The summed E-state index contributed by atoms with van der Waals surface area (Å²) in [7, 11) is 3.40. The average Bonchev–Trinajstić information content (AvgIpc) is 2.95. The standard InChI is InChI=1S/C16H20BrNO2S/c1-4-18-13(16-15(20-3)7-8-21-16)10-11-5-6-14(19-2)12(17)9-11/h5-9,13,18H,4,10H2,1-3H3. The quantitative estimate of drug-likeness (QED) is 0.783. The van der Waals surface area contributed by atoms with Crippen LogP contribution >= 0.6 is 27.3 Å². The van der Waals surface area contributed by atoms with Gasteiger partial charge in [0.1, 0.15) is 11.5 Å². The van der Waals surface area contributed by atoms with Crippen molar-refractivity contribution in [1.82, 2.24) is 5.32 Å². The molecule has 0 fully saturated rings. The lowest BCUT2D eigenvalue weighted by molar-refractivity contribution is 0.403. The van der Waals surface area contributed by atoms with Gasteiger partial charge in [-0.25, -0.2) is 0 Å². The molecule has 0 saturated heterocycles. The van der Waals surface area contributed by atoms with Gasteiger partial charge in [-0.05, 0) is 58.0 Å². The lowest BCUT2D eigenvalue weighted by Gasteiger charge is -2.18. The van der Waals surface area contributed by atoms with Crippen molar-refractivity contribution < 1.29 is 9.47 Å². The van der Waals surface area contributed by atoms with Crippen molar-refractivity contribution >= 4 is 27.3 Å². The molecule has 0 aliphatic heterocycles. The van der Waals surface area contributed by atoms with Crippen LogP contribution in [0.3, 0.4) is 0 Å². The number of hydrogen-bond acceptors (Lipinski definition) is 4. The van der Waals surface area contributed by atoms with E-state index in [9.17, 15) is 0 Å². The first-order valence-corrected chi connectivity index (χ1v) is 8.54. The zero-order valence-corrected chi connectivity index (χ0v) is 14.9. The van der Waals surface area contributed by atoms with Gasteiger partial charge in [-0.1, -0.05) is 13.0 Å². The van der Waals surface area contributed by atoms with Crippen molar-refractivity contribution in [1.29, 1.82) is 0 Å². The predicted octanol–water partition coefficient (Wildman–Crippen LogP) is 4.42. The Morgan fingerprint density at radius 1 is 1.19 bits per heavy atom. The number of benzene rings is 1. The molecule has 1 N–H and O–H groups in total.